The molecule has 3 rings (SSSR count). The Morgan fingerprint density at radius 1 is 1.25 bits per heavy atom. The smallest absolute Gasteiger partial charge is 0.295 e. The van der Waals surface area contributed by atoms with Crippen LogP contribution in [0.15, 0.2) is 36.4 Å². The lowest BCUT2D eigenvalue weighted by Gasteiger charge is -1.97. The molecule has 0 N–H and O–H groups in total. The maximum absolute atomic E-state index is 11.6. The molecule has 0 saturated heterocycles. The molecule has 6 nitrogen and oxygen atoms in total. The van der Waals surface area contributed by atoms with Crippen LogP contribution in [0.1, 0.15) is 24.3 Å². The van der Waals surface area contributed by atoms with Gasteiger partial charge in [-0.05, 0) is 17.2 Å². The van der Waals surface area contributed by atoms with Crippen molar-refractivity contribution < 1.29 is 14.7 Å². The van der Waals surface area contributed by atoms with Gasteiger partial charge in [0.25, 0.3) is 5.65 Å². The Morgan fingerprint density at radius 2 is 1.95 bits per heavy atom. The van der Waals surface area contributed by atoms with Crippen LogP contribution in [0.4, 0.5) is 0 Å². The maximum Gasteiger partial charge on any atom is 0.295 e. The third-order valence-electron chi connectivity index (χ3n) is 3.04. The molecule has 3 aromatic rings. The first-order valence-electron chi connectivity index (χ1n) is 6.14. The average Bonchev–Trinajstić information content (AvgIpc) is 2.97. The summed E-state index contributed by atoms with van der Waals surface area (Å²) in [6.45, 7) is 2.88. The van der Waals surface area contributed by atoms with Crippen molar-refractivity contribution in [1.82, 2.24) is 14.8 Å². The molecule has 2 heterocycles. The largest absolute Gasteiger partial charge is 0.875 e. The second kappa shape index (κ2) is 4.41. The van der Waals surface area contributed by atoms with E-state index in [2.05, 4.69) is 10.3 Å². The highest BCUT2D eigenvalue weighted by molar-refractivity contribution is 5.93. The quantitative estimate of drug-likeness (QED) is 0.460. The molecule has 0 atom stereocenters. The van der Waals surface area contributed by atoms with Crippen molar-refractivity contribution in [3.05, 3.63) is 47.3 Å². The number of hydrogen-bond acceptors (Lipinski definition) is 4. The number of ketones is 1. The first-order chi connectivity index (χ1) is 9.58. The fourth-order valence-electron chi connectivity index (χ4n) is 2.05. The molecule has 2 aromatic heterocycles. The van der Waals surface area contributed by atoms with E-state index in [1.54, 1.807) is 0 Å². The van der Waals surface area contributed by atoms with E-state index in [1.165, 1.54) is 29.2 Å². The van der Waals surface area contributed by atoms with Gasteiger partial charge in [0.1, 0.15) is 5.21 Å². The third-order valence-corrected chi connectivity index (χ3v) is 3.04. The highest BCUT2D eigenvalue weighted by Gasteiger charge is 2.22. The molecule has 0 aliphatic carbocycles. The summed E-state index contributed by atoms with van der Waals surface area (Å²) in [6, 6.07) is 10.9. The van der Waals surface area contributed by atoms with Gasteiger partial charge in [-0.2, -0.15) is 0 Å². The van der Waals surface area contributed by atoms with Crippen LogP contribution < -0.4 is 15.1 Å². The van der Waals surface area contributed by atoms with Crippen molar-refractivity contribution in [2.45, 2.75) is 13.8 Å². The summed E-state index contributed by atoms with van der Waals surface area (Å²) >= 11 is 0. The Bertz CT molecular complexity index is 848. The van der Waals surface area contributed by atoms with Crippen LogP contribution in [0.3, 0.4) is 0 Å². The fraction of sp³-hybridized carbons (Fsp3) is 0.143. The molecule has 0 aliphatic heterocycles. The topological polar surface area (TPSA) is 74.2 Å². The summed E-state index contributed by atoms with van der Waals surface area (Å²) in [6.07, 6.45) is 0. The van der Waals surface area contributed by atoms with E-state index in [-0.39, 0.29) is 11.5 Å². The van der Waals surface area contributed by atoms with Crippen molar-refractivity contribution in [1.29, 1.82) is 0 Å². The summed E-state index contributed by atoms with van der Waals surface area (Å²) < 4.78 is 1.41. The second-order valence-electron chi connectivity index (χ2n) is 4.51. The van der Waals surface area contributed by atoms with Gasteiger partial charge >= 0.3 is 0 Å². The fourth-order valence-corrected chi connectivity index (χ4v) is 2.05. The van der Waals surface area contributed by atoms with Crippen LogP contribution >= 0.6 is 0 Å². The summed E-state index contributed by atoms with van der Waals surface area (Å²) in [4.78, 5) is 13.0. The van der Waals surface area contributed by atoms with E-state index in [9.17, 15) is 9.90 Å². The van der Waals surface area contributed by atoms with Crippen LogP contribution in [-0.2, 0) is 0 Å². The Labute approximate surface area is 114 Å². The zero-order valence-corrected chi connectivity index (χ0v) is 11.1. The van der Waals surface area contributed by atoms with Gasteiger partial charge in [0, 0.05) is 23.0 Å². The number of carbonyl (C=O) groups is 1. The monoisotopic (exact) mass is 268 g/mol. The van der Waals surface area contributed by atoms with Gasteiger partial charge in [0.05, 0.1) is 0 Å². The van der Waals surface area contributed by atoms with Crippen LogP contribution in [0.5, 0.6) is 0 Å². The average molecular weight is 268 g/mol. The van der Waals surface area contributed by atoms with Crippen LogP contribution in [0, 0.1) is 0 Å². The molecule has 1 aromatic carbocycles. The molecule has 0 spiro atoms. The van der Waals surface area contributed by atoms with E-state index >= 15 is 0 Å². The Hall–Kier alpha value is -2.76. The predicted octanol–water partition coefficient (Wildman–Crippen LogP) is -0.584. The lowest BCUT2D eigenvalue weighted by Crippen LogP contribution is -2.37. The molecule has 0 amide bonds. The summed E-state index contributed by atoms with van der Waals surface area (Å²) in [7, 11) is 0. The van der Waals surface area contributed by atoms with E-state index in [0.717, 1.165) is 5.69 Å². The standard InChI is InChI=1S/C14H12N4O2/c1-9(19)12-8-13(10(2)20)17-14(12)15-18(16-17)11-6-4-3-5-7-11/h3-8H,1-2H3. The molecule has 0 bridgehead atoms. The van der Waals surface area contributed by atoms with Crippen molar-refractivity contribution in [3.63, 3.8) is 0 Å². The molecule has 0 saturated carbocycles. The van der Waals surface area contributed by atoms with E-state index in [0.29, 0.717) is 16.6 Å². The number of aromatic nitrogens is 4. The molecule has 0 fully saturated rings. The number of rotatable bonds is 2. The minimum Gasteiger partial charge on any atom is -0.875 e. The minimum atomic E-state index is -0.160. The molecular formula is C14H12N4O2. The molecular weight excluding hydrogens is 256 g/mol. The summed E-state index contributed by atoms with van der Waals surface area (Å²) in [5, 5.41) is 20.6. The van der Waals surface area contributed by atoms with Crippen LogP contribution in [0.2, 0.25) is 0 Å². The number of para-hydroxylation sites is 1. The number of hydrogen-bond donors (Lipinski definition) is 0. The summed E-state index contributed by atoms with van der Waals surface area (Å²) in [5.74, 6) is -0.303. The van der Waals surface area contributed by atoms with Gasteiger partial charge in [-0.3, -0.25) is 4.79 Å². The van der Waals surface area contributed by atoms with E-state index in [4.69, 9.17) is 0 Å². The van der Waals surface area contributed by atoms with Crippen molar-refractivity contribution in [2.75, 3.05) is 0 Å². The summed E-state index contributed by atoms with van der Waals surface area (Å²) in [5.41, 5.74) is 1.51. The van der Waals surface area contributed by atoms with Gasteiger partial charge < -0.3 is 5.11 Å². The maximum atomic E-state index is 11.6. The first-order valence-corrected chi connectivity index (χ1v) is 6.14. The molecule has 0 aliphatic rings. The number of Topliss-reactive ketones (excluding diaryl/α,β-unsaturated/α-hetero) is 1. The zero-order chi connectivity index (χ0) is 14.3. The third kappa shape index (κ3) is 1.82. The van der Waals surface area contributed by atoms with Gasteiger partial charge in [0.15, 0.2) is 5.69 Å². The SMILES string of the molecule is CC(=O)c1c/c(=C(\C)[O-])c2n[n+](-c3ccccc3)nn12. The number of benzene rings is 1. The Kier molecular flexibility index (Phi) is 2.71. The normalized spacial score (nSPS) is 12.7. The van der Waals surface area contributed by atoms with Crippen molar-refractivity contribution in [2.24, 2.45) is 0 Å². The zero-order valence-electron chi connectivity index (χ0n) is 11.1. The highest BCUT2D eigenvalue weighted by Crippen LogP contribution is 2.03. The van der Waals surface area contributed by atoms with Gasteiger partial charge in [-0.15, -0.1) is 5.76 Å². The molecule has 0 radical (unpaired) electrons. The van der Waals surface area contributed by atoms with E-state index < -0.39 is 0 Å². The van der Waals surface area contributed by atoms with Crippen molar-refractivity contribution >= 4 is 17.2 Å². The van der Waals surface area contributed by atoms with Crippen LogP contribution in [-0.4, -0.2) is 20.6 Å². The second-order valence-corrected chi connectivity index (χ2v) is 4.51. The minimum absolute atomic E-state index is 0.143. The van der Waals surface area contributed by atoms with Gasteiger partial charge in [-0.25, -0.2) is 0 Å². The molecule has 20 heavy (non-hydrogen) atoms. The Balaban J connectivity index is 2.34. The first kappa shape index (κ1) is 12.3. The molecule has 0 unspecified atom stereocenters. The van der Waals surface area contributed by atoms with Gasteiger partial charge in [-0.1, -0.05) is 29.6 Å². The lowest BCUT2D eigenvalue weighted by molar-refractivity contribution is -0.716. The number of nitrogens with zero attached hydrogens (tertiary/aromatic N) is 4. The van der Waals surface area contributed by atoms with Crippen LogP contribution in [0.25, 0.3) is 17.1 Å². The molecule has 100 valence electrons. The van der Waals surface area contributed by atoms with Crippen molar-refractivity contribution in [3.8, 4) is 5.69 Å². The van der Waals surface area contributed by atoms with E-state index in [1.807, 2.05) is 30.3 Å². The number of tetrazole rings is 1. The number of carbonyl (C=O) groups excluding carboxylic acids is 1. The van der Waals surface area contributed by atoms with Gasteiger partial charge in [0.2, 0.25) is 11.5 Å². The molecule has 6 heteroatoms. The number of fused-ring (bicyclic) bond motifs is 1. The highest BCUT2D eigenvalue weighted by atomic mass is 16.3. The predicted molar refractivity (Wildman–Crippen MR) is 68.8 cm³/mol. The Morgan fingerprint density at radius 3 is 2.55 bits per heavy atom. The lowest BCUT2D eigenvalue weighted by atomic mass is 10.3.